The molecule has 0 aromatic heterocycles. The van der Waals surface area contributed by atoms with Crippen LogP contribution in [-0.2, 0) is 21.4 Å². The second-order valence-corrected chi connectivity index (χ2v) is 7.69. The summed E-state index contributed by atoms with van der Waals surface area (Å²) >= 11 is 0. The van der Waals surface area contributed by atoms with Crippen LogP contribution < -0.4 is 15.8 Å². The van der Waals surface area contributed by atoms with Gasteiger partial charge in [-0.15, -0.1) is 24.0 Å². The minimum absolute atomic E-state index is 0. The van der Waals surface area contributed by atoms with Crippen LogP contribution in [0.5, 0.6) is 0 Å². The summed E-state index contributed by atoms with van der Waals surface area (Å²) in [5.74, 6) is 0.498. The van der Waals surface area contributed by atoms with Gasteiger partial charge < -0.3 is 15.5 Å². The summed E-state index contributed by atoms with van der Waals surface area (Å²) < 4.78 is 22.6. The van der Waals surface area contributed by atoms with Gasteiger partial charge in [-0.05, 0) is 24.1 Å². The number of carbonyl (C=O) groups excluding carboxylic acids is 1. The number of unbranched alkanes of at least 4 members (excludes halogenated alkanes) is 2. The molecule has 1 aromatic carbocycles. The van der Waals surface area contributed by atoms with E-state index in [0.29, 0.717) is 12.5 Å². The Morgan fingerprint density at radius 2 is 1.78 bits per heavy atom. The molecule has 27 heavy (non-hydrogen) atoms. The third-order valence-corrected chi connectivity index (χ3v) is 4.58. The van der Waals surface area contributed by atoms with Gasteiger partial charge in [0.2, 0.25) is 15.9 Å². The maximum Gasteiger partial charge on any atom is 0.241 e. The van der Waals surface area contributed by atoms with Crippen molar-refractivity contribution >= 4 is 45.9 Å². The highest BCUT2D eigenvalue weighted by Crippen LogP contribution is 2.09. The predicted octanol–water partition coefficient (Wildman–Crippen LogP) is 1.27. The molecule has 4 N–H and O–H groups in total. The SMILES string of the molecule is CCCCCNC(=NCc1ccc(S(N)(=O)=O)cc1)NCC(=O)N(C)C.I. The van der Waals surface area contributed by atoms with E-state index in [-0.39, 0.29) is 41.3 Å². The number of nitrogens with one attached hydrogen (secondary N) is 2. The highest BCUT2D eigenvalue weighted by molar-refractivity contribution is 14.0. The van der Waals surface area contributed by atoms with Crippen LogP contribution in [-0.4, -0.2) is 52.4 Å². The Hall–Kier alpha value is -1.40. The monoisotopic (exact) mass is 511 g/mol. The number of benzene rings is 1. The van der Waals surface area contributed by atoms with E-state index in [0.717, 1.165) is 31.4 Å². The summed E-state index contributed by atoms with van der Waals surface area (Å²) in [6.45, 7) is 3.40. The number of aliphatic imine (C=N–C) groups is 1. The van der Waals surface area contributed by atoms with Gasteiger partial charge in [-0.1, -0.05) is 31.9 Å². The fraction of sp³-hybridized carbons (Fsp3) is 0.529. The zero-order valence-corrected chi connectivity index (χ0v) is 19.2. The van der Waals surface area contributed by atoms with Crippen molar-refractivity contribution in [3.63, 3.8) is 0 Å². The first-order chi connectivity index (χ1) is 12.2. The minimum Gasteiger partial charge on any atom is -0.356 e. The maximum absolute atomic E-state index is 11.7. The third-order valence-electron chi connectivity index (χ3n) is 3.65. The number of rotatable bonds is 9. The van der Waals surface area contributed by atoms with Crippen molar-refractivity contribution in [3.8, 4) is 0 Å². The zero-order chi connectivity index (χ0) is 19.6. The summed E-state index contributed by atoms with van der Waals surface area (Å²) in [5, 5.41) is 11.3. The first-order valence-electron chi connectivity index (χ1n) is 8.58. The number of amides is 1. The molecule has 10 heteroatoms. The Morgan fingerprint density at radius 3 is 2.30 bits per heavy atom. The Morgan fingerprint density at radius 1 is 1.15 bits per heavy atom. The predicted molar refractivity (Wildman–Crippen MR) is 119 cm³/mol. The van der Waals surface area contributed by atoms with Gasteiger partial charge in [0.15, 0.2) is 5.96 Å². The number of nitrogens with two attached hydrogens (primary N) is 1. The van der Waals surface area contributed by atoms with Crippen molar-refractivity contribution in [1.29, 1.82) is 0 Å². The van der Waals surface area contributed by atoms with Crippen LogP contribution in [0.15, 0.2) is 34.2 Å². The lowest BCUT2D eigenvalue weighted by Gasteiger charge is -2.15. The Bertz CT molecular complexity index is 706. The number of hydrogen-bond donors (Lipinski definition) is 3. The number of carbonyl (C=O) groups is 1. The first-order valence-corrected chi connectivity index (χ1v) is 10.1. The lowest BCUT2D eigenvalue weighted by Crippen LogP contribution is -2.43. The van der Waals surface area contributed by atoms with E-state index in [9.17, 15) is 13.2 Å². The highest BCUT2D eigenvalue weighted by Gasteiger charge is 2.08. The molecule has 0 heterocycles. The van der Waals surface area contributed by atoms with E-state index in [1.165, 1.54) is 17.0 Å². The Labute approximate surface area is 179 Å². The van der Waals surface area contributed by atoms with Crippen LogP contribution in [0, 0.1) is 0 Å². The average Bonchev–Trinajstić information content (AvgIpc) is 2.59. The van der Waals surface area contributed by atoms with Crippen molar-refractivity contribution in [1.82, 2.24) is 15.5 Å². The van der Waals surface area contributed by atoms with Crippen molar-refractivity contribution in [3.05, 3.63) is 29.8 Å². The molecule has 0 spiro atoms. The summed E-state index contributed by atoms with van der Waals surface area (Å²) in [6.07, 6.45) is 3.25. The van der Waals surface area contributed by atoms with E-state index < -0.39 is 10.0 Å². The fourth-order valence-electron chi connectivity index (χ4n) is 2.03. The van der Waals surface area contributed by atoms with Crippen LogP contribution >= 0.6 is 24.0 Å². The van der Waals surface area contributed by atoms with Gasteiger partial charge in [0.1, 0.15) is 0 Å². The summed E-state index contributed by atoms with van der Waals surface area (Å²) in [6, 6.07) is 6.25. The normalized spacial score (nSPS) is 11.5. The molecule has 154 valence electrons. The van der Waals surface area contributed by atoms with E-state index in [1.54, 1.807) is 26.2 Å². The van der Waals surface area contributed by atoms with Crippen LogP contribution in [0.25, 0.3) is 0 Å². The van der Waals surface area contributed by atoms with Crippen molar-refractivity contribution in [2.24, 2.45) is 10.1 Å². The summed E-state index contributed by atoms with van der Waals surface area (Å²) in [7, 11) is -0.303. The van der Waals surface area contributed by atoms with Gasteiger partial charge in [0, 0.05) is 20.6 Å². The number of sulfonamides is 1. The maximum atomic E-state index is 11.7. The highest BCUT2D eigenvalue weighted by atomic mass is 127. The number of primary sulfonamides is 1. The van der Waals surface area contributed by atoms with Gasteiger partial charge in [-0.25, -0.2) is 18.5 Å². The second-order valence-electron chi connectivity index (χ2n) is 6.13. The molecular weight excluding hydrogens is 481 g/mol. The van der Waals surface area contributed by atoms with Gasteiger partial charge in [0.05, 0.1) is 18.0 Å². The lowest BCUT2D eigenvalue weighted by molar-refractivity contribution is -0.127. The molecule has 0 saturated heterocycles. The second kappa shape index (κ2) is 12.9. The molecule has 0 fully saturated rings. The van der Waals surface area contributed by atoms with Crippen molar-refractivity contribution in [2.75, 3.05) is 27.2 Å². The minimum atomic E-state index is -3.70. The molecule has 0 aliphatic rings. The Kier molecular flexibility index (Phi) is 12.2. The molecule has 1 amide bonds. The molecule has 0 unspecified atom stereocenters. The number of halogens is 1. The van der Waals surface area contributed by atoms with Gasteiger partial charge in [-0.2, -0.15) is 0 Å². The molecule has 0 atom stereocenters. The summed E-state index contributed by atoms with van der Waals surface area (Å²) in [5.41, 5.74) is 0.839. The van der Waals surface area contributed by atoms with Crippen LogP contribution in [0.4, 0.5) is 0 Å². The van der Waals surface area contributed by atoms with Gasteiger partial charge in [0.25, 0.3) is 0 Å². The van der Waals surface area contributed by atoms with E-state index in [2.05, 4.69) is 22.5 Å². The number of likely N-dealkylation sites (N-methyl/N-ethyl adjacent to an activating group) is 1. The molecule has 0 saturated carbocycles. The standard InChI is InChI=1S/C17H29N5O3S.HI/c1-4-5-6-11-19-17(21-13-16(23)22(2)3)20-12-14-7-9-15(10-8-14)26(18,24)25;/h7-10H,4-6,11-13H2,1-3H3,(H2,18,24,25)(H2,19,20,21);1H. The number of nitrogens with zero attached hydrogens (tertiary/aromatic N) is 2. The molecule has 0 aliphatic heterocycles. The fourth-order valence-corrected chi connectivity index (χ4v) is 2.54. The van der Waals surface area contributed by atoms with Gasteiger partial charge >= 0.3 is 0 Å². The molecule has 0 bridgehead atoms. The molecular formula is C17H30IN5O3S. The summed E-state index contributed by atoms with van der Waals surface area (Å²) in [4.78, 5) is 17.8. The quantitative estimate of drug-likeness (QED) is 0.200. The van der Waals surface area contributed by atoms with Crippen LogP contribution in [0.1, 0.15) is 31.7 Å². The van der Waals surface area contributed by atoms with E-state index >= 15 is 0 Å². The van der Waals surface area contributed by atoms with Crippen LogP contribution in [0.3, 0.4) is 0 Å². The smallest absolute Gasteiger partial charge is 0.241 e. The molecule has 8 nitrogen and oxygen atoms in total. The van der Waals surface area contributed by atoms with Gasteiger partial charge in [-0.3, -0.25) is 4.79 Å². The number of guanidine groups is 1. The van der Waals surface area contributed by atoms with Crippen molar-refractivity contribution in [2.45, 2.75) is 37.6 Å². The zero-order valence-electron chi connectivity index (χ0n) is 16.1. The van der Waals surface area contributed by atoms with Crippen molar-refractivity contribution < 1.29 is 13.2 Å². The molecule has 0 radical (unpaired) electrons. The molecule has 1 aromatic rings. The van der Waals surface area contributed by atoms with Crippen LogP contribution in [0.2, 0.25) is 0 Å². The lowest BCUT2D eigenvalue weighted by atomic mass is 10.2. The molecule has 0 aliphatic carbocycles. The molecule has 1 rings (SSSR count). The number of hydrogen-bond acceptors (Lipinski definition) is 4. The topological polar surface area (TPSA) is 117 Å². The first kappa shape index (κ1) is 25.6. The third kappa shape index (κ3) is 10.5. The van der Waals surface area contributed by atoms with E-state index in [1.807, 2.05) is 0 Å². The Balaban J connectivity index is 0.00000676. The largest absolute Gasteiger partial charge is 0.356 e. The average molecular weight is 511 g/mol. The van der Waals surface area contributed by atoms with E-state index in [4.69, 9.17) is 5.14 Å².